The van der Waals surface area contributed by atoms with Gasteiger partial charge in [-0.25, -0.2) is 8.42 Å². The van der Waals surface area contributed by atoms with Crippen molar-refractivity contribution >= 4 is 33.4 Å². The minimum Gasteiger partial charge on any atom is -0.494 e. The Morgan fingerprint density at radius 3 is 2.31 bits per heavy atom. The summed E-state index contributed by atoms with van der Waals surface area (Å²) < 4.78 is 31.2. The van der Waals surface area contributed by atoms with Crippen molar-refractivity contribution in [1.29, 1.82) is 0 Å². The lowest BCUT2D eigenvalue weighted by atomic mass is 10.2. The summed E-state index contributed by atoms with van der Waals surface area (Å²) in [6.07, 6.45) is 1.10. The zero-order valence-electron chi connectivity index (χ0n) is 17.2. The largest absolute Gasteiger partial charge is 0.494 e. The highest BCUT2D eigenvalue weighted by molar-refractivity contribution is 7.99. The van der Waals surface area contributed by atoms with E-state index in [1.807, 2.05) is 38.1 Å². The zero-order chi connectivity index (χ0) is 21.4. The molecular formula is C21H28N2O4S2. The fourth-order valence-electron chi connectivity index (χ4n) is 2.79. The van der Waals surface area contributed by atoms with Crippen molar-refractivity contribution < 1.29 is 17.9 Å². The van der Waals surface area contributed by atoms with E-state index in [2.05, 4.69) is 5.32 Å². The molecule has 0 bridgehead atoms. The molecule has 0 saturated carbocycles. The van der Waals surface area contributed by atoms with Crippen LogP contribution in [-0.4, -0.2) is 45.5 Å². The number of nitrogens with zero attached hydrogens (tertiary/aromatic N) is 1. The molecule has 158 valence electrons. The highest BCUT2D eigenvalue weighted by Gasteiger charge is 2.28. The number of carbonyl (C=O) groups is 1. The summed E-state index contributed by atoms with van der Waals surface area (Å²) in [5.41, 5.74) is 1.62. The molecule has 8 heteroatoms. The van der Waals surface area contributed by atoms with Gasteiger partial charge in [-0.1, -0.05) is 17.7 Å². The predicted octanol–water partition coefficient (Wildman–Crippen LogP) is 3.46. The van der Waals surface area contributed by atoms with Gasteiger partial charge in [-0.15, -0.1) is 11.8 Å². The van der Waals surface area contributed by atoms with Crippen molar-refractivity contribution in [3.8, 4) is 5.75 Å². The Bertz CT molecular complexity index is 897. The van der Waals surface area contributed by atoms with Gasteiger partial charge in [0.15, 0.2) is 0 Å². The third-order valence-corrected chi connectivity index (χ3v) is 6.44. The maximum atomic E-state index is 12.6. The van der Waals surface area contributed by atoms with Crippen LogP contribution < -0.4 is 14.4 Å². The number of carbonyl (C=O) groups excluding carboxylic acids is 1. The van der Waals surface area contributed by atoms with Gasteiger partial charge in [0.25, 0.3) is 0 Å². The summed E-state index contributed by atoms with van der Waals surface area (Å²) in [6.45, 7) is 6.46. The molecule has 2 aromatic rings. The summed E-state index contributed by atoms with van der Waals surface area (Å²) in [6, 6.07) is 14.0. The molecule has 0 spiro atoms. The number of benzene rings is 2. The van der Waals surface area contributed by atoms with Gasteiger partial charge >= 0.3 is 0 Å². The molecule has 2 rings (SSSR count). The summed E-state index contributed by atoms with van der Waals surface area (Å²) in [5, 5.41) is 2.83. The highest BCUT2D eigenvalue weighted by atomic mass is 32.2. The maximum Gasteiger partial charge on any atom is 0.243 e. The van der Waals surface area contributed by atoms with E-state index >= 15 is 0 Å². The van der Waals surface area contributed by atoms with Crippen LogP contribution in [0, 0.1) is 6.92 Å². The first kappa shape index (κ1) is 23.1. The van der Waals surface area contributed by atoms with Crippen molar-refractivity contribution in [2.24, 2.45) is 0 Å². The van der Waals surface area contributed by atoms with Crippen LogP contribution in [0.25, 0.3) is 0 Å². The molecule has 0 fully saturated rings. The number of sulfonamides is 1. The second-order valence-corrected chi connectivity index (χ2v) is 9.64. The van der Waals surface area contributed by atoms with Crippen molar-refractivity contribution in [2.75, 3.05) is 29.5 Å². The number of thioether (sulfide) groups is 1. The number of hydrogen-bond donors (Lipinski definition) is 1. The summed E-state index contributed by atoms with van der Waals surface area (Å²) in [7, 11) is -3.64. The first-order chi connectivity index (χ1) is 13.7. The van der Waals surface area contributed by atoms with E-state index in [4.69, 9.17) is 4.74 Å². The molecule has 1 N–H and O–H groups in total. The average molecular weight is 437 g/mol. The zero-order valence-corrected chi connectivity index (χ0v) is 18.8. The molecule has 0 saturated heterocycles. The van der Waals surface area contributed by atoms with Crippen molar-refractivity contribution in [3.05, 3.63) is 54.1 Å². The van der Waals surface area contributed by atoms with Gasteiger partial charge in [-0.05, 0) is 57.2 Å². The number of ether oxygens (including phenoxy) is 1. The molecular weight excluding hydrogens is 408 g/mol. The molecule has 0 unspecified atom stereocenters. The van der Waals surface area contributed by atoms with Gasteiger partial charge < -0.3 is 10.1 Å². The SMILES string of the molecule is CCOc1ccc(N([C@@H](C)C(=O)NCCSc2ccc(C)cc2)S(C)(=O)=O)cc1. The lowest BCUT2D eigenvalue weighted by molar-refractivity contribution is -0.121. The number of rotatable bonds is 10. The first-order valence-electron chi connectivity index (χ1n) is 9.42. The van der Waals surface area contributed by atoms with E-state index in [1.54, 1.807) is 43.0 Å². The monoisotopic (exact) mass is 436 g/mol. The van der Waals surface area contributed by atoms with Gasteiger partial charge in [0.2, 0.25) is 15.9 Å². The van der Waals surface area contributed by atoms with E-state index < -0.39 is 16.1 Å². The van der Waals surface area contributed by atoms with E-state index in [9.17, 15) is 13.2 Å². The number of nitrogens with one attached hydrogen (secondary N) is 1. The van der Waals surface area contributed by atoms with Crippen LogP contribution in [0.15, 0.2) is 53.4 Å². The molecule has 0 aromatic heterocycles. The lowest BCUT2D eigenvalue weighted by Crippen LogP contribution is -2.48. The Morgan fingerprint density at radius 2 is 1.76 bits per heavy atom. The molecule has 0 aliphatic rings. The van der Waals surface area contributed by atoms with Crippen molar-refractivity contribution in [1.82, 2.24) is 5.32 Å². The van der Waals surface area contributed by atoms with Gasteiger partial charge in [0.1, 0.15) is 11.8 Å². The third kappa shape index (κ3) is 6.97. The van der Waals surface area contributed by atoms with Gasteiger partial charge in [0, 0.05) is 17.2 Å². The van der Waals surface area contributed by atoms with Gasteiger partial charge in [0.05, 0.1) is 18.6 Å². The van der Waals surface area contributed by atoms with E-state index in [1.165, 1.54) is 5.56 Å². The fraction of sp³-hybridized carbons (Fsp3) is 0.381. The van der Waals surface area contributed by atoms with Crippen LogP contribution in [0.1, 0.15) is 19.4 Å². The Kier molecular flexibility index (Phi) is 8.40. The number of amides is 1. The second-order valence-electron chi connectivity index (χ2n) is 6.61. The maximum absolute atomic E-state index is 12.6. The lowest BCUT2D eigenvalue weighted by Gasteiger charge is -2.28. The molecule has 6 nitrogen and oxygen atoms in total. The highest BCUT2D eigenvalue weighted by Crippen LogP contribution is 2.24. The van der Waals surface area contributed by atoms with E-state index in [-0.39, 0.29) is 5.91 Å². The quantitative estimate of drug-likeness (QED) is 0.456. The van der Waals surface area contributed by atoms with E-state index in [0.717, 1.165) is 15.5 Å². The molecule has 0 heterocycles. The van der Waals surface area contributed by atoms with Gasteiger partial charge in [-0.3, -0.25) is 9.10 Å². The van der Waals surface area contributed by atoms with E-state index in [0.29, 0.717) is 30.3 Å². The van der Waals surface area contributed by atoms with Crippen LogP contribution in [0.3, 0.4) is 0 Å². The molecule has 1 amide bonds. The van der Waals surface area contributed by atoms with Gasteiger partial charge in [-0.2, -0.15) is 0 Å². The standard InChI is InChI=1S/C21H28N2O4S2/c1-5-27-19-10-8-18(9-11-19)23(29(4,25)26)17(3)21(24)22-14-15-28-20-12-6-16(2)7-13-20/h6-13,17H,5,14-15H2,1-4H3,(H,22,24)/t17-/m0/s1. The first-order valence-corrected chi connectivity index (χ1v) is 12.2. The van der Waals surface area contributed by atoms with Crippen molar-refractivity contribution in [3.63, 3.8) is 0 Å². The Labute approximate surface area is 177 Å². The number of hydrogen-bond acceptors (Lipinski definition) is 5. The van der Waals surface area contributed by atoms with Crippen LogP contribution >= 0.6 is 11.8 Å². The van der Waals surface area contributed by atoms with Crippen LogP contribution in [0.2, 0.25) is 0 Å². The average Bonchev–Trinajstić information content (AvgIpc) is 2.67. The molecule has 29 heavy (non-hydrogen) atoms. The minimum atomic E-state index is -3.64. The summed E-state index contributed by atoms with van der Waals surface area (Å²) in [5.74, 6) is 1.01. The third-order valence-electron chi connectivity index (χ3n) is 4.18. The van der Waals surface area contributed by atoms with Crippen molar-refractivity contribution in [2.45, 2.75) is 31.7 Å². The molecule has 0 aliphatic heterocycles. The predicted molar refractivity (Wildman–Crippen MR) is 119 cm³/mol. The van der Waals surface area contributed by atoms with Crippen LogP contribution in [0.4, 0.5) is 5.69 Å². The molecule has 0 radical (unpaired) electrons. The normalized spacial score (nSPS) is 12.3. The smallest absolute Gasteiger partial charge is 0.243 e. The Hall–Kier alpha value is -2.19. The molecule has 0 aliphatic carbocycles. The molecule has 2 aromatic carbocycles. The number of anilines is 1. The van der Waals surface area contributed by atoms with Crippen LogP contribution in [0.5, 0.6) is 5.75 Å². The topological polar surface area (TPSA) is 75.7 Å². The second kappa shape index (κ2) is 10.5. The molecule has 1 atom stereocenters. The minimum absolute atomic E-state index is 0.339. The fourth-order valence-corrected chi connectivity index (χ4v) is 4.73. The Balaban J connectivity index is 1.98. The summed E-state index contributed by atoms with van der Waals surface area (Å²) >= 11 is 1.64. The Morgan fingerprint density at radius 1 is 1.14 bits per heavy atom. The number of aryl methyl sites for hydroxylation is 1. The van der Waals surface area contributed by atoms with Crippen LogP contribution in [-0.2, 0) is 14.8 Å². The summed E-state index contributed by atoms with van der Waals surface area (Å²) in [4.78, 5) is 13.7.